The molecule has 134 valence electrons. The van der Waals surface area contributed by atoms with Gasteiger partial charge in [0.1, 0.15) is 11.6 Å². The molecule has 2 aromatic carbocycles. The lowest BCUT2D eigenvalue weighted by Gasteiger charge is -2.12. The fraction of sp³-hybridized carbons (Fsp3) is 0.158. The molecule has 0 aliphatic carbocycles. The third-order valence-electron chi connectivity index (χ3n) is 3.68. The smallest absolute Gasteiger partial charge is 0.225 e. The molecular formula is C19H18F2N4O. The van der Waals surface area contributed by atoms with E-state index in [0.29, 0.717) is 24.0 Å². The largest absolute Gasteiger partial charge is 0.496 e. The van der Waals surface area contributed by atoms with Crippen LogP contribution in [0.2, 0.25) is 0 Å². The molecule has 1 aromatic heterocycles. The lowest BCUT2D eigenvalue weighted by Crippen LogP contribution is -2.07. The first-order valence-corrected chi connectivity index (χ1v) is 7.98. The van der Waals surface area contributed by atoms with E-state index >= 15 is 0 Å². The Balaban J connectivity index is 1.76. The van der Waals surface area contributed by atoms with Crippen LogP contribution >= 0.6 is 0 Å². The number of hydrogen-bond donors (Lipinski definition) is 2. The van der Waals surface area contributed by atoms with E-state index in [4.69, 9.17) is 4.74 Å². The van der Waals surface area contributed by atoms with Gasteiger partial charge in [0.05, 0.1) is 7.11 Å². The molecule has 0 unspecified atom stereocenters. The monoisotopic (exact) mass is 356 g/mol. The van der Waals surface area contributed by atoms with E-state index in [1.807, 2.05) is 31.2 Å². The Morgan fingerprint density at radius 1 is 1.00 bits per heavy atom. The maximum atomic E-state index is 13.3. The molecule has 1 heterocycles. The van der Waals surface area contributed by atoms with Crippen molar-refractivity contribution in [2.45, 2.75) is 13.5 Å². The van der Waals surface area contributed by atoms with Crippen molar-refractivity contribution in [1.29, 1.82) is 0 Å². The Kier molecular flexibility index (Phi) is 5.26. The van der Waals surface area contributed by atoms with Crippen LogP contribution in [0.5, 0.6) is 5.75 Å². The second-order valence-electron chi connectivity index (χ2n) is 5.64. The Hall–Kier alpha value is -3.22. The Bertz CT molecular complexity index is 918. The SMILES string of the molecule is COc1ccccc1CNc1nc(C)cc(Nc2ccc(F)c(F)c2)n1. The summed E-state index contributed by atoms with van der Waals surface area (Å²) >= 11 is 0. The van der Waals surface area contributed by atoms with E-state index in [-0.39, 0.29) is 0 Å². The van der Waals surface area contributed by atoms with E-state index < -0.39 is 11.6 Å². The number of halogens is 2. The number of nitrogens with zero attached hydrogens (tertiary/aromatic N) is 2. The minimum Gasteiger partial charge on any atom is -0.496 e. The molecule has 0 fully saturated rings. The molecule has 0 amide bonds. The summed E-state index contributed by atoms with van der Waals surface area (Å²) in [6.45, 7) is 2.31. The predicted molar refractivity (Wildman–Crippen MR) is 96.7 cm³/mol. The molecule has 5 nitrogen and oxygen atoms in total. The van der Waals surface area contributed by atoms with Crippen LogP contribution in [0.25, 0.3) is 0 Å². The molecule has 0 saturated heterocycles. The zero-order valence-corrected chi connectivity index (χ0v) is 14.4. The van der Waals surface area contributed by atoms with Crippen molar-refractivity contribution < 1.29 is 13.5 Å². The molecule has 3 aromatic rings. The Labute approximate surface area is 150 Å². The quantitative estimate of drug-likeness (QED) is 0.684. The lowest BCUT2D eigenvalue weighted by atomic mass is 10.2. The highest BCUT2D eigenvalue weighted by molar-refractivity contribution is 5.57. The summed E-state index contributed by atoms with van der Waals surface area (Å²) in [4.78, 5) is 8.70. The number of benzene rings is 2. The molecule has 0 spiro atoms. The fourth-order valence-electron chi connectivity index (χ4n) is 2.46. The molecule has 3 rings (SSSR count). The second-order valence-corrected chi connectivity index (χ2v) is 5.64. The Morgan fingerprint density at radius 3 is 2.58 bits per heavy atom. The zero-order chi connectivity index (χ0) is 18.5. The van der Waals surface area contributed by atoms with E-state index in [1.165, 1.54) is 6.07 Å². The summed E-state index contributed by atoms with van der Waals surface area (Å²) in [7, 11) is 1.62. The van der Waals surface area contributed by atoms with Crippen LogP contribution in [0.3, 0.4) is 0 Å². The molecule has 0 saturated carbocycles. The second kappa shape index (κ2) is 7.77. The Morgan fingerprint density at radius 2 is 1.81 bits per heavy atom. The van der Waals surface area contributed by atoms with Gasteiger partial charge in [0.15, 0.2) is 11.6 Å². The topological polar surface area (TPSA) is 59.1 Å². The van der Waals surface area contributed by atoms with Crippen molar-refractivity contribution >= 4 is 17.5 Å². The number of para-hydroxylation sites is 1. The van der Waals surface area contributed by atoms with Crippen molar-refractivity contribution in [2.24, 2.45) is 0 Å². The molecule has 0 aliphatic rings. The van der Waals surface area contributed by atoms with Crippen LogP contribution in [0.4, 0.5) is 26.2 Å². The van der Waals surface area contributed by atoms with E-state index in [1.54, 1.807) is 13.2 Å². The summed E-state index contributed by atoms with van der Waals surface area (Å²) in [6, 6.07) is 12.9. The van der Waals surface area contributed by atoms with Gasteiger partial charge in [-0.05, 0) is 25.1 Å². The number of rotatable bonds is 6. The number of aromatic nitrogens is 2. The van der Waals surface area contributed by atoms with Gasteiger partial charge in [-0.25, -0.2) is 13.8 Å². The third kappa shape index (κ3) is 4.24. The highest BCUT2D eigenvalue weighted by atomic mass is 19.2. The first-order valence-electron chi connectivity index (χ1n) is 7.98. The number of aryl methyl sites for hydroxylation is 1. The molecule has 0 bridgehead atoms. The molecular weight excluding hydrogens is 338 g/mol. The van der Waals surface area contributed by atoms with Crippen molar-refractivity contribution in [3.8, 4) is 5.75 Å². The highest BCUT2D eigenvalue weighted by Crippen LogP contribution is 2.21. The first-order chi connectivity index (χ1) is 12.5. The average Bonchev–Trinajstić information content (AvgIpc) is 2.63. The first kappa shape index (κ1) is 17.6. The minimum atomic E-state index is -0.921. The third-order valence-corrected chi connectivity index (χ3v) is 3.68. The van der Waals surface area contributed by atoms with Crippen molar-refractivity contribution in [3.05, 3.63) is 71.4 Å². The van der Waals surface area contributed by atoms with Gasteiger partial charge >= 0.3 is 0 Å². The van der Waals surface area contributed by atoms with Gasteiger partial charge in [-0.1, -0.05) is 18.2 Å². The number of nitrogens with one attached hydrogen (secondary N) is 2. The minimum absolute atomic E-state index is 0.401. The van der Waals surface area contributed by atoms with Gasteiger partial charge < -0.3 is 15.4 Å². The van der Waals surface area contributed by atoms with Gasteiger partial charge in [-0.3, -0.25) is 0 Å². The maximum absolute atomic E-state index is 13.3. The fourth-order valence-corrected chi connectivity index (χ4v) is 2.46. The van der Waals surface area contributed by atoms with Crippen LogP contribution in [0, 0.1) is 18.6 Å². The highest BCUT2D eigenvalue weighted by Gasteiger charge is 2.07. The van der Waals surface area contributed by atoms with Crippen LogP contribution in [0.1, 0.15) is 11.3 Å². The van der Waals surface area contributed by atoms with Crippen LogP contribution < -0.4 is 15.4 Å². The number of ether oxygens (including phenoxy) is 1. The van der Waals surface area contributed by atoms with Crippen molar-refractivity contribution in [2.75, 3.05) is 17.7 Å². The number of hydrogen-bond acceptors (Lipinski definition) is 5. The molecule has 0 atom stereocenters. The standard InChI is InChI=1S/C19H18F2N4O/c1-12-9-18(24-14-7-8-15(20)16(21)10-14)25-19(23-12)22-11-13-5-3-4-6-17(13)26-2/h3-10H,11H2,1-2H3,(H2,22,23,24,25). The van der Waals surface area contributed by atoms with Crippen molar-refractivity contribution in [1.82, 2.24) is 9.97 Å². The number of methoxy groups -OCH3 is 1. The molecule has 2 N–H and O–H groups in total. The molecule has 0 radical (unpaired) electrons. The van der Waals surface area contributed by atoms with Gasteiger partial charge in [-0.2, -0.15) is 4.98 Å². The van der Waals surface area contributed by atoms with E-state index in [2.05, 4.69) is 20.6 Å². The van der Waals surface area contributed by atoms with Crippen LogP contribution in [-0.4, -0.2) is 17.1 Å². The summed E-state index contributed by atoms with van der Waals surface area (Å²) < 4.78 is 31.7. The van der Waals surface area contributed by atoms with Gasteiger partial charge in [-0.15, -0.1) is 0 Å². The number of anilines is 3. The molecule has 0 aliphatic heterocycles. The molecule has 7 heteroatoms. The van der Waals surface area contributed by atoms with E-state index in [0.717, 1.165) is 29.1 Å². The molecule has 26 heavy (non-hydrogen) atoms. The van der Waals surface area contributed by atoms with Gasteiger partial charge in [0.25, 0.3) is 0 Å². The van der Waals surface area contributed by atoms with Crippen molar-refractivity contribution in [3.63, 3.8) is 0 Å². The predicted octanol–water partition coefficient (Wildman–Crippen LogP) is 4.43. The van der Waals surface area contributed by atoms with E-state index in [9.17, 15) is 8.78 Å². The normalized spacial score (nSPS) is 10.5. The zero-order valence-electron chi connectivity index (χ0n) is 14.4. The maximum Gasteiger partial charge on any atom is 0.225 e. The summed E-state index contributed by atoms with van der Waals surface area (Å²) in [5.74, 6) is -0.149. The summed E-state index contributed by atoms with van der Waals surface area (Å²) in [5.41, 5.74) is 2.10. The van der Waals surface area contributed by atoms with Gasteiger partial charge in [0, 0.05) is 35.6 Å². The summed E-state index contributed by atoms with van der Waals surface area (Å²) in [5, 5.41) is 6.10. The van der Waals surface area contributed by atoms with Crippen LogP contribution in [0.15, 0.2) is 48.5 Å². The lowest BCUT2D eigenvalue weighted by molar-refractivity contribution is 0.410. The average molecular weight is 356 g/mol. The van der Waals surface area contributed by atoms with Gasteiger partial charge in [0.2, 0.25) is 5.95 Å². The summed E-state index contributed by atoms with van der Waals surface area (Å²) in [6.07, 6.45) is 0. The van der Waals surface area contributed by atoms with Crippen LogP contribution in [-0.2, 0) is 6.54 Å².